The fraction of sp³-hybridized carbons (Fsp3) is 0.333. The number of nitrogens with one attached hydrogen (secondary N) is 2. The standard InChI is InChI=1S/C21H26N2O4/c1-3-13-27-19-7-4-6-17(15-19)21(25)23-18-10-8-16(9-11-18)20(24)22-12-5-14-26-2/h4,6-11,15H,3,5,12-14H2,1-2H3,(H,22,24)(H,23,25). The van der Waals surface area contributed by atoms with Crippen LogP contribution < -0.4 is 15.4 Å². The Bertz CT molecular complexity index is 744. The molecule has 0 aliphatic rings. The third kappa shape index (κ3) is 6.75. The van der Waals surface area contributed by atoms with Gasteiger partial charge in [-0.1, -0.05) is 13.0 Å². The number of rotatable bonds is 10. The topological polar surface area (TPSA) is 76.7 Å². The van der Waals surface area contributed by atoms with Crippen LogP contribution in [0.4, 0.5) is 5.69 Å². The van der Waals surface area contributed by atoms with E-state index in [1.54, 1.807) is 49.6 Å². The quantitative estimate of drug-likeness (QED) is 0.628. The first-order valence-corrected chi connectivity index (χ1v) is 9.05. The van der Waals surface area contributed by atoms with Crippen molar-refractivity contribution < 1.29 is 19.1 Å². The molecular formula is C21H26N2O4. The van der Waals surface area contributed by atoms with Crippen LogP contribution in [0.3, 0.4) is 0 Å². The Hall–Kier alpha value is -2.86. The van der Waals surface area contributed by atoms with Crippen molar-refractivity contribution in [2.45, 2.75) is 19.8 Å². The minimum absolute atomic E-state index is 0.148. The number of methoxy groups -OCH3 is 1. The minimum Gasteiger partial charge on any atom is -0.494 e. The van der Waals surface area contributed by atoms with E-state index in [0.717, 1.165) is 12.8 Å². The molecule has 0 unspecified atom stereocenters. The van der Waals surface area contributed by atoms with E-state index in [9.17, 15) is 9.59 Å². The van der Waals surface area contributed by atoms with Gasteiger partial charge in [-0.15, -0.1) is 0 Å². The maximum Gasteiger partial charge on any atom is 0.255 e. The van der Waals surface area contributed by atoms with Crippen LogP contribution in [0.2, 0.25) is 0 Å². The third-order valence-corrected chi connectivity index (χ3v) is 3.78. The molecule has 0 atom stereocenters. The van der Waals surface area contributed by atoms with E-state index < -0.39 is 0 Å². The lowest BCUT2D eigenvalue weighted by molar-refractivity contribution is 0.0948. The van der Waals surface area contributed by atoms with Crippen molar-refractivity contribution in [3.05, 3.63) is 59.7 Å². The monoisotopic (exact) mass is 370 g/mol. The first-order chi connectivity index (χ1) is 13.1. The molecule has 2 N–H and O–H groups in total. The highest BCUT2D eigenvalue weighted by molar-refractivity contribution is 6.04. The van der Waals surface area contributed by atoms with Crippen LogP contribution >= 0.6 is 0 Å². The molecule has 0 aliphatic carbocycles. The lowest BCUT2D eigenvalue weighted by atomic mass is 10.1. The molecule has 27 heavy (non-hydrogen) atoms. The van der Waals surface area contributed by atoms with Gasteiger partial charge in [0.15, 0.2) is 0 Å². The van der Waals surface area contributed by atoms with E-state index in [4.69, 9.17) is 9.47 Å². The summed E-state index contributed by atoms with van der Waals surface area (Å²) in [6, 6.07) is 13.8. The summed E-state index contributed by atoms with van der Waals surface area (Å²) >= 11 is 0. The SMILES string of the molecule is CCCOc1cccc(C(=O)Nc2ccc(C(=O)NCCCOC)cc2)c1. The molecule has 0 aliphatic heterocycles. The molecule has 0 heterocycles. The van der Waals surface area contributed by atoms with Gasteiger partial charge in [0, 0.05) is 37.1 Å². The van der Waals surface area contributed by atoms with Crippen molar-refractivity contribution in [1.29, 1.82) is 0 Å². The van der Waals surface area contributed by atoms with Gasteiger partial charge in [0.05, 0.1) is 6.61 Å². The summed E-state index contributed by atoms with van der Waals surface area (Å²) in [5.41, 5.74) is 1.68. The van der Waals surface area contributed by atoms with Gasteiger partial charge in [0.25, 0.3) is 11.8 Å². The zero-order valence-corrected chi connectivity index (χ0v) is 15.8. The maximum absolute atomic E-state index is 12.4. The number of carbonyl (C=O) groups excluding carboxylic acids is 2. The molecule has 0 saturated carbocycles. The summed E-state index contributed by atoms with van der Waals surface area (Å²) in [7, 11) is 1.63. The van der Waals surface area contributed by atoms with Gasteiger partial charge in [-0.2, -0.15) is 0 Å². The zero-order valence-electron chi connectivity index (χ0n) is 15.8. The first kappa shape index (κ1) is 20.5. The molecule has 0 spiro atoms. The van der Waals surface area contributed by atoms with Crippen LogP contribution in [0.15, 0.2) is 48.5 Å². The molecule has 0 fully saturated rings. The van der Waals surface area contributed by atoms with Gasteiger partial charge in [-0.3, -0.25) is 9.59 Å². The first-order valence-electron chi connectivity index (χ1n) is 9.05. The van der Waals surface area contributed by atoms with Crippen molar-refractivity contribution in [3.8, 4) is 5.75 Å². The van der Waals surface area contributed by atoms with Crippen LogP contribution in [0.5, 0.6) is 5.75 Å². The van der Waals surface area contributed by atoms with Crippen LogP contribution in [-0.4, -0.2) is 38.7 Å². The largest absolute Gasteiger partial charge is 0.494 e. The summed E-state index contributed by atoms with van der Waals surface area (Å²) < 4.78 is 10.5. The highest BCUT2D eigenvalue weighted by Gasteiger charge is 2.09. The van der Waals surface area contributed by atoms with Gasteiger partial charge >= 0.3 is 0 Å². The average molecular weight is 370 g/mol. The smallest absolute Gasteiger partial charge is 0.255 e. The fourth-order valence-corrected chi connectivity index (χ4v) is 2.38. The molecule has 6 heteroatoms. The Kier molecular flexibility index (Phi) is 8.32. The van der Waals surface area contributed by atoms with Gasteiger partial charge in [-0.05, 0) is 55.3 Å². The third-order valence-electron chi connectivity index (χ3n) is 3.78. The highest BCUT2D eigenvalue weighted by atomic mass is 16.5. The fourth-order valence-electron chi connectivity index (χ4n) is 2.38. The number of amides is 2. The molecule has 0 aromatic heterocycles. The Morgan fingerprint density at radius 3 is 2.44 bits per heavy atom. The normalized spacial score (nSPS) is 10.3. The highest BCUT2D eigenvalue weighted by Crippen LogP contribution is 2.16. The zero-order chi connectivity index (χ0) is 19.5. The van der Waals surface area contributed by atoms with E-state index in [1.807, 2.05) is 13.0 Å². The molecular weight excluding hydrogens is 344 g/mol. The second-order valence-electron chi connectivity index (χ2n) is 6.01. The van der Waals surface area contributed by atoms with Crippen molar-refractivity contribution in [1.82, 2.24) is 5.32 Å². The number of hydrogen-bond donors (Lipinski definition) is 2. The van der Waals surface area contributed by atoms with Crippen molar-refractivity contribution >= 4 is 17.5 Å². The van der Waals surface area contributed by atoms with Gasteiger partial charge in [0.1, 0.15) is 5.75 Å². The lowest BCUT2D eigenvalue weighted by Crippen LogP contribution is -2.25. The maximum atomic E-state index is 12.4. The van der Waals surface area contributed by atoms with E-state index >= 15 is 0 Å². The second kappa shape index (κ2) is 11.0. The minimum atomic E-state index is -0.228. The summed E-state index contributed by atoms with van der Waals surface area (Å²) in [5, 5.41) is 5.65. The summed E-state index contributed by atoms with van der Waals surface area (Å²) in [5.74, 6) is 0.295. The predicted octanol–water partition coefficient (Wildman–Crippen LogP) is 3.49. The van der Waals surface area contributed by atoms with Gasteiger partial charge in [0.2, 0.25) is 0 Å². The number of anilines is 1. The Labute approximate surface area is 159 Å². The average Bonchev–Trinajstić information content (AvgIpc) is 2.70. The molecule has 0 bridgehead atoms. The molecule has 2 amide bonds. The Morgan fingerprint density at radius 2 is 1.74 bits per heavy atom. The number of ether oxygens (including phenoxy) is 2. The molecule has 0 radical (unpaired) electrons. The summed E-state index contributed by atoms with van der Waals surface area (Å²) in [6.45, 7) is 3.80. The molecule has 2 aromatic rings. The molecule has 2 aromatic carbocycles. The van der Waals surface area contributed by atoms with Crippen LogP contribution in [0, 0.1) is 0 Å². The second-order valence-corrected chi connectivity index (χ2v) is 6.01. The van der Waals surface area contributed by atoms with Gasteiger partial charge in [-0.25, -0.2) is 0 Å². The van der Waals surface area contributed by atoms with Crippen LogP contribution in [0.25, 0.3) is 0 Å². The Morgan fingerprint density at radius 1 is 0.963 bits per heavy atom. The molecule has 2 rings (SSSR count). The van der Waals surface area contributed by atoms with Crippen molar-refractivity contribution in [2.75, 3.05) is 32.2 Å². The number of hydrogen-bond acceptors (Lipinski definition) is 4. The van der Waals surface area contributed by atoms with Gasteiger partial charge < -0.3 is 20.1 Å². The summed E-state index contributed by atoms with van der Waals surface area (Å²) in [4.78, 5) is 24.4. The van der Waals surface area contributed by atoms with E-state index in [1.165, 1.54) is 0 Å². The van der Waals surface area contributed by atoms with E-state index in [-0.39, 0.29) is 11.8 Å². The van der Waals surface area contributed by atoms with E-state index in [0.29, 0.717) is 42.3 Å². The lowest BCUT2D eigenvalue weighted by Gasteiger charge is -2.09. The van der Waals surface area contributed by atoms with E-state index in [2.05, 4.69) is 10.6 Å². The van der Waals surface area contributed by atoms with Crippen LogP contribution in [0.1, 0.15) is 40.5 Å². The van der Waals surface area contributed by atoms with Crippen molar-refractivity contribution in [3.63, 3.8) is 0 Å². The van der Waals surface area contributed by atoms with Crippen molar-refractivity contribution in [2.24, 2.45) is 0 Å². The number of benzene rings is 2. The van der Waals surface area contributed by atoms with Crippen LogP contribution in [-0.2, 0) is 4.74 Å². The number of carbonyl (C=O) groups is 2. The molecule has 0 saturated heterocycles. The summed E-state index contributed by atoms with van der Waals surface area (Å²) in [6.07, 6.45) is 1.67. The predicted molar refractivity (Wildman–Crippen MR) is 105 cm³/mol. The molecule has 144 valence electrons. The molecule has 6 nitrogen and oxygen atoms in total. The Balaban J connectivity index is 1.92.